The predicted molar refractivity (Wildman–Crippen MR) is 128 cm³/mol. The normalized spacial score (nSPS) is 11.9. The van der Waals surface area contributed by atoms with Crippen LogP contribution in [0.2, 0.25) is 0 Å². The summed E-state index contributed by atoms with van der Waals surface area (Å²) in [6, 6.07) is 17.0. The van der Waals surface area contributed by atoms with Gasteiger partial charge in [0.05, 0.1) is 17.1 Å². The molecular formula is C24H18N4O5S. The number of hydrogen-bond donors (Lipinski definition) is 0. The predicted octanol–water partition coefficient (Wildman–Crippen LogP) is 4.32. The molecular weight excluding hydrogens is 456 g/mol. The summed E-state index contributed by atoms with van der Waals surface area (Å²) in [7, 11) is 0. The number of nitro groups is 1. The van der Waals surface area contributed by atoms with Crippen molar-refractivity contribution in [3.05, 3.63) is 91.4 Å². The van der Waals surface area contributed by atoms with Crippen LogP contribution in [0, 0.1) is 10.1 Å². The van der Waals surface area contributed by atoms with Crippen LogP contribution < -0.4 is 14.8 Å². The molecule has 10 heteroatoms. The molecule has 0 aliphatic rings. The molecule has 5 rings (SSSR count). The fraction of sp³-hybridized carbons (Fsp3) is 0.125. The van der Waals surface area contributed by atoms with Crippen molar-refractivity contribution in [3.63, 3.8) is 0 Å². The number of aromatic nitrogens is 3. The summed E-state index contributed by atoms with van der Waals surface area (Å²) < 4.78 is 13.0. The first-order valence-electron chi connectivity index (χ1n) is 10.5. The standard InChI is InChI=1S/C24H18N4O5S/c1-2-13-32-16-9-7-15(8-10-16)22-25-24-27(26-22)23(29)21(34-24)14-17-11-12-20(33-17)18-5-3-4-6-19(18)28(30)31/h3-12,14H,2,13H2,1H3/b21-14-. The molecule has 0 aliphatic heterocycles. The van der Waals surface area contributed by atoms with Crippen molar-refractivity contribution in [2.45, 2.75) is 13.3 Å². The summed E-state index contributed by atoms with van der Waals surface area (Å²) in [6.07, 6.45) is 2.51. The molecule has 0 radical (unpaired) electrons. The van der Waals surface area contributed by atoms with Gasteiger partial charge in [0.1, 0.15) is 21.8 Å². The molecule has 0 saturated heterocycles. The summed E-state index contributed by atoms with van der Waals surface area (Å²) in [6.45, 7) is 2.69. The second-order valence-corrected chi connectivity index (χ2v) is 8.40. The fourth-order valence-corrected chi connectivity index (χ4v) is 4.31. The molecule has 0 fully saturated rings. The van der Waals surface area contributed by atoms with Crippen LogP contribution >= 0.6 is 11.3 Å². The SMILES string of the molecule is CCCOc1ccc(-c2nc3s/c(=C\c4ccc(-c5ccccc5[N+](=O)[O-])o4)c(=O)n3n2)cc1. The lowest BCUT2D eigenvalue weighted by Gasteiger charge is -2.04. The number of ether oxygens (including phenoxy) is 1. The Bertz CT molecular complexity index is 1600. The third-order valence-corrected chi connectivity index (χ3v) is 5.99. The zero-order valence-electron chi connectivity index (χ0n) is 18.0. The number of nitro benzene ring substituents is 1. The van der Waals surface area contributed by atoms with E-state index in [-0.39, 0.29) is 11.2 Å². The Morgan fingerprint density at radius 1 is 1.15 bits per heavy atom. The molecule has 0 bridgehead atoms. The first-order chi connectivity index (χ1) is 16.5. The number of thiazole rings is 1. The summed E-state index contributed by atoms with van der Waals surface area (Å²) in [5, 5.41) is 15.6. The zero-order chi connectivity index (χ0) is 23.7. The van der Waals surface area contributed by atoms with Gasteiger partial charge in [-0.2, -0.15) is 9.50 Å². The van der Waals surface area contributed by atoms with Crippen LogP contribution in [0.3, 0.4) is 0 Å². The Morgan fingerprint density at radius 3 is 2.68 bits per heavy atom. The minimum atomic E-state index is -0.458. The zero-order valence-corrected chi connectivity index (χ0v) is 18.8. The molecule has 0 N–H and O–H groups in total. The Balaban J connectivity index is 1.44. The number of fused-ring (bicyclic) bond motifs is 1. The highest BCUT2D eigenvalue weighted by Gasteiger charge is 2.17. The molecule has 3 aromatic heterocycles. The highest BCUT2D eigenvalue weighted by molar-refractivity contribution is 7.15. The van der Waals surface area contributed by atoms with Gasteiger partial charge in [0, 0.05) is 17.7 Å². The minimum absolute atomic E-state index is 0.0517. The van der Waals surface area contributed by atoms with Crippen LogP contribution in [0.25, 0.3) is 33.7 Å². The first kappa shape index (κ1) is 21.5. The van der Waals surface area contributed by atoms with Gasteiger partial charge in [0.25, 0.3) is 11.2 Å². The molecule has 0 spiro atoms. The van der Waals surface area contributed by atoms with Crippen LogP contribution in [-0.2, 0) is 0 Å². The highest BCUT2D eigenvalue weighted by atomic mass is 32.1. The van der Waals surface area contributed by atoms with Gasteiger partial charge in [-0.1, -0.05) is 30.4 Å². The van der Waals surface area contributed by atoms with Crippen molar-refractivity contribution >= 4 is 28.1 Å². The van der Waals surface area contributed by atoms with Gasteiger partial charge in [-0.15, -0.1) is 5.10 Å². The first-order valence-corrected chi connectivity index (χ1v) is 11.3. The number of nitrogens with zero attached hydrogens (tertiary/aromatic N) is 4. The molecule has 3 heterocycles. The molecule has 9 nitrogen and oxygen atoms in total. The van der Waals surface area contributed by atoms with Crippen molar-refractivity contribution < 1.29 is 14.1 Å². The number of rotatable bonds is 7. The van der Waals surface area contributed by atoms with E-state index in [9.17, 15) is 14.9 Å². The number of furan rings is 1. The molecule has 0 unspecified atom stereocenters. The molecule has 0 amide bonds. The molecule has 2 aromatic carbocycles. The molecule has 170 valence electrons. The summed E-state index contributed by atoms with van der Waals surface area (Å²) >= 11 is 1.19. The molecule has 0 saturated carbocycles. The van der Waals surface area contributed by atoms with Gasteiger partial charge in [0.15, 0.2) is 5.82 Å². The van der Waals surface area contributed by atoms with Gasteiger partial charge < -0.3 is 9.15 Å². The lowest BCUT2D eigenvalue weighted by molar-refractivity contribution is -0.384. The average molecular weight is 474 g/mol. The third kappa shape index (κ3) is 4.06. The van der Waals surface area contributed by atoms with E-state index in [0.717, 1.165) is 17.7 Å². The Hall–Kier alpha value is -4.31. The van der Waals surface area contributed by atoms with E-state index in [0.29, 0.717) is 39.0 Å². The Morgan fingerprint density at radius 2 is 1.94 bits per heavy atom. The van der Waals surface area contributed by atoms with Gasteiger partial charge in [0.2, 0.25) is 4.96 Å². The van der Waals surface area contributed by atoms with Crippen LogP contribution in [0.5, 0.6) is 5.75 Å². The number of hydrogen-bond acceptors (Lipinski definition) is 8. The average Bonchev–Trinajstić information content (AvgIpc) is 3.55. The van der Waals surface area contributed by atoms with Crippen molar-refractivity contribution in [1.82, 2.24) is 14.6 Å². The van der Waals surface area contributed by atoms with E-state index in [1.807, 2.05) is 31.2 Å². The van der Waals surface area contributed by atoms with Crippen molar-refractivity contribution in [2.75, 3.05) is 6.61 Å². The van der Waals surface area contributed by atoms with Crippen LogP contribution in [-0.4, -0.2) is 26.1 Å². The van der Waals surface area contributed by atoms with Crippen LogP contribution in [0.4, 0.5) is 5.69 Å². The van der Waals surface area contributed by atoms with E-state index in [2.05, 4.69) is 10.1 Å². The van der Waals surface area contributed by atoms with Crippen molar-refractivity contribution in [3.8, 4) is 28.5 Å². The van der Waals surface area contributed by atoms with Gasteiger partial charge in [-0.3, -0.25) is 14.9 Å². The lowest BCUT2D eigenvalue weighted by atomic mass is 10.1. The minimum Gasteiger partial charge on any atom is -0.494 e. The van der Waals surface area contributed by atoms with Gasteiger partial charge >= 0.3 is 0 Å². The summed E-state index contributed by atoms with van der Waals surface area (Å²) in [5.41, 5.74) is 0.784. The lowest BCUT2D eigenvalue weighted by Crippen LogP contribution is -2.23. The third-order valence-electron chi connectivity index (χ3n) is 5.03. The molecule has 0 atom stereocenters. The van der Waals surface area contributed by atoms with Crippen LogP contribution in [0.15, 0.2) is 69.9 Å². The van der Waals surface area contributed by atoms with E-state index >= 15 is 0 Å². The molecule has 0 aliphatic carbocycles. The van der Waals surface area contributed by atoms with E-state index in [1.165, 1.54) is 21.9 Å². The van der Waals surface area contributed by atoms with Crippen molar-refractivity contribution in [2.24, 2.45) is 0 Å². The smallest absolute Gasteiger partial charge is 0.291 e. The summed E-state index contributed by atoms with van der Waals surface area (Å²) in [5.74, 6) is 1.97. The highest BCUT2D eigenvalue weighted by Crippen LogP contribution is 2.31. The molecule has 5 aromatic rings. The summed E-state index contributed by atoms with van der Waals surface area (Å²) in [4.78, 5) is 28.6. The number of para-hydroxylation sites is 1. The maximum atomic E-state index is 12.9. The quantitative estimate of drug-likeness (QED) is 0.255. The number of benzene rings is 2. The maximum absolute atomic E-state index is 12.9. The Kier molecular flexibility index (Phi) is 5.64. The Labute approximate surface area is 196 Å². The van der Waals surface area contributed by atoms with Crippen LogP contribution in [0.1, 0.15) is 19.1 Å². The van der Waals surface area contributed by atoms with E-state index < -0.39 is 4.92 Å². The van der Waals surface area contributed by atoms with Crippen molar-refractivity contribution in [1.29, 1.82) is 0 Å². The largest absolute Gasteiger partial charge is 0.494 e. The second-order valence-electron chi connectivity index (χ2n) is 7.39. The fourth-order valence-electron chi connectivity index (χ4n) is 3.42. The molecule has 34 heavy (non-hydrogen) atoms. The van der Waals surface area contributed by atoms with Gasteiger partial charge in [-0.25, -0.2) is 0 Å². The maximum Gasteiger partial charge on any atom is 0.291 e. The van der Waals surface area contributed by atoms with Gasteiger partial charge in [-0.05, 0) is 48.9 Å². The topological polar surface area (TPSA) is 113 Å². The monoisotopic (exact) mass is 474 g/mol. The second kappa shape index (κ2) is 8.91. The van der Waals surface area contributed by atoms with E-state index in [4.69, 9.17) is 9.15 Å². The van der Waals surface area contributed by atoms with E-state index in [1.54, 1.807) is 36.4 Å².